The third kappa shape index (κ3) is 4.74. The number of carboxylic acid groups (broad SMARTS) is 1. The molecule has 1 aliphatic carbocycles. The van der Waals surface area contributed by atoms with Crippen molar-refractivity contribution in [3.63, 3.8) is 0 Å². The van der Waals surface area contributed by atoms with E-state index in [1.807, 2.05) is 48.5 Å². The van der Waals surface area contributed by atoms with Crippen LogP contribution in [0.4, 0.5) is 14.9 Å². The SMILES string of the molecule is O=C(Nc1ccc(F)cc1C(=O)NC[C@H](O)C(=O)O)OCC1c2ccccc2-c2ccccc21. The van der Waals surface area contributed by atoms with Crippen LogP contribution in [0.1, 0.15) is 27.4 Å². The van der Waals surface area contributed by atoms with Crippen LogP contribution >= 0.6 is 0 Å². The molecule has 174 valence electrons. The summed E-state index contributed by atoms with van der Waals surface area (Å²) in [6, 6.07) is 18.9. The predicted octanol–water partition coefficient (Wildman–Crippen LogP) is 3.36. The number of halogens is 1. The first-order valence-corrected chi connectivity index (χ1v) is 10.5. The van der Waals surface area contributed by atoms with Crippen molar-refractivity contribution in [1.82, 2.24) is 5.32 Å². The van der Waals surface area contributed by atoms with Crippen molar-refractivity contribution >= 4 is 23.7 Å². The molecular weight excluding hydrogens is 443 g/mol. The summed E-state index contributed by atoms with van der Waals surface area (Å²) in [5.41, 5.74) is 3.96. The van der Waals surface area contributed by atoms with Gasteiger partial charge in [-0.05, 0) is 40.5 Å². The number of nitrogens with one attached hydrogen (secondary N) is 2. The zero-order valence-corrected chi connectivity index (χ0v) is 17.8. The van der Waals surface area contributed by atoms with Gasteiger partial charge in [-0.25, -0.2) is 14.0 Å². The topological polar surface area (TPSA) is 125 Å². The molecule has 4 N–H and O–H groups in total. The van der Waals surface area contributed by atoms with Gasteiger partial charge >= 0.3 is 12.1 Å². The van der Waals surface area contributed by atoms with Crippen LogP contribution in [-0.4, -0.2) is 47.4 Å². The minimum Gasteiger partial charge on any atom is -0.479 e. The molecule has 8 nitrogen and oxygen atoms in total. The number of carboxylic acids is 1. The summed E-state index contributed by atoms with van der Waals surface area (Å²) in [7, 11) is 0. The molecule has 0 aromatic heterocycles. The number of aliphatic hydroxyl groups is 1. The second-order valence-corrected chi connectivity index (χ2v) is 7.70. The molecule has 0 radical (unpaired) electrons. The highest BCUT2D eigenvalue weighted by Crippen LogP contribution is 2.44. The van der Waals surface area contributed by atoms with Gasteiger partial charge in [0.2, 0.25) is 0 Å². The summed E-state index contributed by atoms with van der Waals surface area (Å²) in [6.45, 7) is -0.539. The van der Waals surface area contributed by atoms with Gasteiger partial charge in [-0.1, -0.05) is 48.5 Å². The van der Waals surface area contributed by atoms with Crippen LogP contribution in [0.5, 0.6) is 0 Å². The molecule has 4 rings (SSSR count). The van der Waals surface area contributed by atoms with E-state index in [0.717, 1.165) is 34.4 Å². The first-order valence-electron chi connectivity index (χ1n) is 10.5. The number of hydrogen-bond donors (Lipinski definition) is 4. The maximum atomic E-state index is 13.7. The monoisotopic (exact) mass is 464 g/mol. The lowest BCUT2D eigenvalue weighted by atomic mass is 9.98. The molecule has 0 saturated carbocycles. The highest BCUT2D eigenvalue weighted by Gasteiger charge is 2.29. The molecule has 0 aliphatic heterocycles. The lowest BCUT2D eigenvalue weighted by Gasteiger charge is -2.16. The van der Waals surface area contributed by atoms with Gasteiger partial charge in [0.05, 0.1) is 17.8 Å². The smallest absolute Gasteiger partial charge is 0.411 e. The van der Waals surface area contributed by atoms with Crippen molar-refractivity contribution < 1.29 is 33.7 Å². The van der Waals surface area contributed by atoms with Crippen molar-refractivity contribution in [2.45, 2.75) is 12.0 Å². The van der Waals surface area contributed by atoms with Crippen LogP contribution in [0.15, 0.2) is 66.7 Å². The van der Waals surface area contributed by atoms with Crippen molar-refractivity contribution in [3.05, 3.63) is 89.2 Å². The first kappa shape index (κ1) is 22.9. The second-order valence-electron chi connectivity index (χ2n) is 7.70. The Morgan fingerprint density at radius 2 is 1.59 bits per heavy atom. The minimum atomic E-state index is -1.82. The van der Waals surface area contributed by atoms with Gasteiger partial charge in [0, 0.05) is 5.92 Å². The molecule has 9 heteroatoms. The Morgan fingerprint density at radius 1 is 0.971 bits per heavy atom. The van der Waals surface area contributed by atoms with Crippen LogP contribution < -0.4 is 10.6 Å². The molecule has 0 bridgehead atoms. The van der Waals surface area contributed by atoms with E-state index in [0.29, 0.717) is 0 Å². The number of fused-ring (bicyclic) bond motifs is 3. The number of carbonyl (C=O) groups is 3. The van der Waals surface area contributed by atoms with Crippen molar-refractivity contribution in [1.29, 1.82) is 0 Å². The Kier molecular flexibility index (Phi) is 6.55. The zero-order valence-electron chi connectivity index (χ0n) is 17.8. The fourth-order valence-corrected chi connectivity index (χ4v) is 3.93. The zero-order chi connectivity index (χ0) is 24.2. The molecule has 34 heavy (non-hydrogen) atoms. The molecule has 2 amide bonds. The number of anilines is 1. The molecular formula is C25H21FN2O6. The van der Waals surface area contributed by atoms with Crippen molar-refractivity contribution in [2.75, 3.05) is 18.5 Å². The molecule has 0 saturated heterocycles. The molecule has 0 spiro atoms. The van der Waals surface area contributed by atoms with E-state index in [1.165, 1.54) is 6.07 Å². The standard InChI is InChI=1S/C25H21FN2O6/c26-14-9-10-21(19(11-14)23(30)27-12-22(29)24(31)32)28-25(33)34-13-20-17-7-3-1-5-15(17)16-6-2-4-8-18(16)20/h1-11,20,22,29H,12-13H2,(H,27,30)(H,28,33)(H,31,32)/t22-/m0/s1. The normalized spacial score (nSPS) is 12.9. The number of aliphatic hydroxyl groups excluding tert-OH is 1. The Balaban J connectivity index is 1.45. The fourth-order valence-electron chi connectivity index (χ4n) is 3.93. The second kappa shape index (κ2) is 9.72. The maximum absolute atomic E-state index is 13.7. The highest BCUT2D eigenvalue weighted by atomic mass is 19.1. The maximum Gasteiger partial charge on any atom is 0.411 e. The number of rotatable bonds is 7. The summed E-state index contributed by atoms with van der Waals surface area (Å²) in [4.78, 5) is 35.6. The van der Waals surface area contributed by atoms with E-state index < -0.39 is 36.4 Å². The van der Waals surface area contributed by atoms with Gasteiger partial charge in [0.15, 0.2) is 6.10 Å². The number of amides is 2. The third-order valence-corrected chi connectivity index (χ3v) is 5.55. The van der Waals surface area contributed by atoms with Crippen LogP contribution in [0.2, 0.25) is 0 Å². The molecule has 0 fully saturated rings. The Bertz CT molecular complexity index is 1220. The van der Waals surface area contributed by atoms with E-state index in [4.69, 9.17) is 9.84 Å². The quantitative estimate of drug-likeness (QED) is 0.425. The minimum absolute atomic E-state index is 0.0269. The molecule has 1 aliphatic rings. The Labute approximate surface area is 194 Å². The number of carbonyl (C=O) groups excluding carboxylic acids is 2. The van der Waals surface area contributed by atoms with Gasteiger partial charge in [-0.3, -0.25) is 10.1 Å². The number of benzene rings is 3. The van der Waals surface area contributed by atoms with E-state index >= 15 is 0 Å². The average molecular weight is 464 g/mol. The summed E-state index contributed by atoms with van der Waals surface area (Å²) >= 11 is 0. The number of aliphatic carboxylic acids is 1. The summed E-state index contributed by atoms with van der Waals surface area (Å²) in [5, 5.41) is 22.7. The van der Waals surface area contributed by atoms with Gasteiger partial charge in [0.1, 0.15) is 12.4 Å². The van der Waals surface area contributed by atoms with E-state index in [2.05, 4.69) is 10.6 Å². The molecule has 0 heterocycles. The highest BCUT2D eigenvalue weighted by molar-refractivity contribution is 6.02. The van der Waals surface area contributed by atoms with Crippen molar-refractivity contribution in [3.8, 4) is 11.1 Å². The molecule has 0 unspecified atom stereocenters. The lowest BCUT2D eigenvalue weighted by Crippen LogP contribution is -2.36. The van der Waals surface area contributed by atoms with Crippen LogP contribution in [0, 0.1) is 5.82 Å². The third-order valence-electron chi connectivity index (χ3n) is 5.55. The molecule has 1 atom stereocenters. The Morgan fingerprint density at radius 3 is 2.21 bits per heavy atom. The van der Waals surface area contributed by atoms with Crippen LogP contribution in [0.3, 0.4) is 0 Å². The number of hydrogen-bond acceptors (Lipinski definition) is 5. The number of ether oxygens (including phenoxy) is 1. The van der Waals surface area contributed by atoms with Crippen LogP contribution in [0.25, 0.3) is 11.1 Å². The summed E-state index contributed by atoms with van der Waals surface area (Å²) in [6.07, 6.45) is -2.66. The van der Waals surface area contributed by atoms with E-state index in [9.17, 15) is 23.9 Å². The summed E-state index contributed by atoms with van der Waals surface area (Å²) < 4.78 is 19.2. The van der Waals surface area contributed by atoms with Gasteiger partial charge in [-0.2, -0.15) is 0 Å². The van der Waals surface area contributed by atoms with Gasteiger partial charge in [-0.15, -0.1) is 0 Å². The van der Waals surface area contributed by atoms with Gasteiger partial charge in [0.25, 0.3) is 5.91 Å². The first-order chi connectivity index (χ1) is 16.3. The van der Waals surface area contributed by atoms with E-state index in [-0.39, 0.29) is 23.8 Å². The summed E-state index contributed by atoms with van der Waals surface area (Å²) in [5.74, 6) is -3.28. The van der Waals surface area contributed by atoms with Crippen LogP contribution in [-0.2, 0) is 9.53 Å². The van der Waals surface area contributed by atoms with Crippen molar-refractivity contribution in [2.24, 2.45) is 0 Å². The molecule has 3 aromatic rings. The largest absolute Gasteiger partial charge is 0.479 e. The fraction of sp³-hybridized carbons (Fsp3) is 0.160. The lowest BCUT2D eigenvalue weighted by molar-refractivity contribution is -0.146. The predicted molar refractivity (Wildman–Crippen MR) is 121 cm³/mol. The average Bonchev–Trinajstić information content (AvgIpc) is 3.15. The Hall–Kier alpha value is -4.24. The molecule has 3 aromatic carbocycles. The van der Waals surface area contributed by atoms with Gasteiger partial charge < -0.3 is 20.3 Å². The van der Waals surface area contributed by atoms with E-state index in [1.54, 1.807) is 0 Å².